The zero-order valence-electron chi connectivity index (χ0n) is 17.1. The maximum atomic E-state index is 12.7. The lowest BCUT2D eigenvalue weighted by atomic mass is 10.1. The van der Waals surface area contributed by atoms with Gasteiger partial charge in [0.25, 0.3) is 5.91 Å². The SMILES string of the molecule is O=C1NC(=S)NC1=Cc1ccc(OC(=O)c2ccc(Br)cc2)c(OC(=O)c2ccc(Br)cc2)c1. The number of nitrogens with one attached hydrogen (secondary N) is 2. The Morgan fingerprint density at radius 1 is 0.765 bits per heavy atom. The van der Waals surface area contributed by atoms with Crippen molar-refractivity contribution in [1.82, 2.24) is 10.6 Å². The van der Waals surface area contributed by atoms with E-state index in [1.807, 2.05) is 0 Å². The van der Waals surface area contributed by atoms with Crippen LogP contribution < -0.4 is 20.1 Å². The van der Waals surface area contributed by atoms with E-state index in [1.165, 1.54) is 18.2 Å². The predicted octanol–water partition coefficient (Wildman–Crippen LogP) is 5.00. The van der Waals surface area contributed by atoms with Gasteiger partial charge in [-0.05, 0) is 84.5 Å². The van der Waals surface area contributed by atoms with E-state index in [2.05, 4.69) is 42.5 Å². The molecule has 1 saturated heterocycles. The minimum Gasteiger partial charge on any atom is -0.419 e. The summed E-state index contributed by atoms with van der Waals surface area (Å²) in [6.07, 6.45) is 1.53. The third kappa shape index (κ3) is 5.77. The van der Waals surface area contributed by atoms with Crippen LogP contribution in [-0.4, -0.2) is 23.0 Å². The smallest absolute Gasteiger partial charge is 0.343 e. The number of thiocarbonyl (C=S) groups is 1. The number of hydrogen-bond donors (Lipinski definition) is 2. The molecule has 0 spiro atoms. The molecule has 10 heteroatoms. The van der Waals surface area contributed by atoms with Crippen LogP contribution in [0.5, 0.6) is 11.5 Å². The summed E-state index contributed by atoms with van der Waals surface area (Å²) in [5.74, 6) is -1.60. The van der Waals surface area contributed by atoms with Crippen molar-refractivity contribution in [3.63, 3.8) is 0 Å². The van der Waals surface area contributed by atoms with Crippen molar-refractivity contribution in [1.29, 1.82) is 0 Å². The van der Waals surface area contributed by atoms with Gasteiger partial charge < -0.3 is 14.8 Å². The van der Waals surface area contributed by atoms with E-state index in [0.717, 1.165) is 8.95 Å². The summed E-state index contributed by atoms with van der Waals surface area (Å²) < 4.78 is 12.7. The van der Waals surface area contributed by atoms with Gasteiger partial charge in [0.1, 0.15) is 5.70 Å². The van der Waals surface area contributed by atoms with E-state index in [1.54, 1.807) is 54.6 Å². The Kier molecular flexibility index (Phi) is 7.20. The molecule has 0 aromatic heterocycles. The molecule has 3 aromatic rings. The average Bonchev–Trinajstić information content (AvgIpc) is 3.12. The Labute approximate surface area is 216 Å². The first-order chi connectivity index (χ1) is 16.3. The molecule has 0 atom stereocenters. The number of carbonyl (C=O) groups is 3. The molecule has 4 rings (SSSR count). The monoisotopic (exact) mass is 600 g/mol. The summed E-state index contributed by atoms with van der Waals surface area (Å²) in [5.41, 5.74) is 1.37. The molecule has 0 unspecified atom stereocenters. The minimum atomic E-state index is -0.642. The summed E-state index contributed by atoms with van der Waals surface area (Å²) in [4.78, 5) is 37.3. The van der Waals surface area contributed by atoms with Crippen LogP contribution in [0.15, 0.2) is 81.4 Å². The molecule has 7 nitrogen and oxygen atoms in total. The van der Waals surface area contributed by atoms with Gasteiger partial charge >= 0.3 is 11.9 Å². The fourth-order valence-corrected chi connectivity index (χ4v) is 3.65. The van der Waals surface area contributed by atoms with Gasteiger partial charge in [-0.3, -0.25) is 10.1 Å². The second-order valence-corrected chi connectivity index (χ2v) is 9.20. The fraction of sp³-hybridized carbons (Fsp3) is 0. The summed E-state index contributed by atoms with van der Waals surface area (Å²) in [5, 5.41) is 5.41. The van der Waals surface area contributed by atoms with Crippen molar-refractivity contribution < 1.29 is 23.9 Å². The summed E-state index contributed by atoms with van der Waals surface area (Å²) >= 11 is 11.6. The number of amides is 1. The molecule has 1 aliphatic rings. The number of ether oxygens (including phenoxy) is 2. The summed E-state index contributed by atoms with van der Waals surface area (Å²) in [7, 11) is 0. The van der Waals surface area contributed by atoms with Crippen molar-refractivity contribution in [2.75, 3.05) is 0 Å². The number of halogens is 2. The van der Waals surface area contributed by atoms with Gasteiger partial charge in [0, 0.05) is 8.95 Å². The van der Waals surface area contributed by atoms with E-state index < -0.39 is 11.9 Å². The lowest BCUT2D eigenvalue weighted by molar-refractivity contribution is -0.115. The zero-order valence-corrected chi connectivity index (χ0v) is 21.1. The van der Waals surface area contributed by atoms with Crippen LogP contribution in [0.3, 0.4) is 0 Å². The third-order valence-electron chi connectivity index (χ3n) is 4.56. The lowest BCUT2D eigenvalue weighted by Crippen LogP contribution is -2.21. The van der Waals surface area contributed by atoms with Crippen LogP contribution >= 0.6 is 44.1 Å². The summed E-state index contributed by atoms with van der Waals surface area (Å²) in [6, 6.07) is 17.8. The first-order valence-corrected chi connectivity index (χ1v) is 11.7. The number of rotatable bonds is 5. The van der Waals surface area contributed by atoms with Crippen LogP contribution in [0.1, 0.15) is 26.3 Å². The molecule has 0 aliphatic carbocycles. The highest BCUT2D eigenvalue weighted by atomic mass is 79.9. The molecule has 0 bridgehead atoms. The van der Waals surface area contributed by atoms with Crippen molar-refractivity contribution >= 4 is 73.1 Å². The van der Waals surface area contributed by atoms with Crippen molar-refractivity contribution in [3.05, 3.63) is 98.1 Å². The Balaban J connectivity index is 1.65. The van der Waals surface area contributed by atoms with Crippen LogP contribution in [0.25, 0.3) is 6.08 Å². The van der Waals surface area contributed by atoms with E-state index in [0.29, 0.717) is 16.7 Å². The molecule has 1 amide bonds. The normalized spacial score (nSPS) is 13.9. The number of esters is 2. The molecular formula is C24H14Br2N2O5S. The highest BCUT2D eigenvalue weighted by molar-refractivity contribution is 9.10. The Morgan fingerprint density at radius 2 is 1.29 bits per heavy atom. The molecule has 1 heterocycles. The second-order valence-electron chi connectivity index (χ2n) is 6.97. The van der Waals surface area contributed by atoms with E-state index in [-0.39, 0.29) is 28.2 Å². The maximum absolute atomic E-state index is 12.7. The molecule has 3 aromatic carbocycles. The maximum Gasteiger partial charge on any atom is 0.343 e. The first-order valence-electron chi connectivity index (χ1n) is 9.72. The van der Waals surface area contributed by atoms with Gasteiger partial charge in [-0.1, -0.05) is 37.9 Å². The highest BCUT2D eigenvalue weighted by Gasteiger charge is 2.21. The molecule has 1 aliphatic heterocycles. The van der Waals surface area contributed by atoms with Crippen molar-refractivity contribution in [3.8, 4) is 11.5 Å². The molecule has 1 fully saturated rings. The fourth-order valence-electron chi connectivity index (χ4n) is 2.92. The van der Waals surface area contributed by atoms with Gasteiger partial charge in [-0.2, -0.15) is 0 Å². The highest BCUT2D eigenvalue weighted by Crippen LogP contribution is 2.31. The zero-order chi connectivity index (χ0) is 24.2. The first kappa shape index (κ1) is 23.8. The third-order valence-corrected chi connectivity index (χ3v) is 5.83. The molecule has 34 heavy (non-hydrogen) atoms. The van der Waals surface area contributed by atoms with Crippen LogP contribution in [0, 0.1) is 0 Å². The number of carbonyl (C=O) groups excluding carboxylic acids is 3. The average molecular weight is 602 g/mol. The molecule has 2 N–H and O–H groups in total. The lowest BCUT2D eigenvalue weighted by Gasteiger charge is -2.12. The predicted molar refractivity (Wildman–Crippen MR) is 136 cm³/mol. The number of benzene rings is 3. The molecule has 0 radical (unpaired) electrons. The standard InChI is InChI=1S/C24H14Br2N2O5S/c25-16-6-2-14(3-7-16)22(30)32-19-10-1-13(11-18-21(29)28-24(34)27-18)12-20(19)33-23(31)15-4-8-17(26)9-5-15/h1-12H,(H2,27,28,29,34). The quantitative estimate of drug-likeness (QED) is 0.184. The minimum absolute atomic E-state index is 0.00807. The molecule has 170 valence electrons. The van der Waals surface area contributed by atoms with E-state index in [4.69, 9.17) is 21.7 Å². The van der Waals surface area contributed by atoms with Gasteiger partial charge in [-0.15, -0.1) is 0 Å². The Bertz CT molecular complexity index is 1340. The van der Waals surface area contributed by atoms with Crippen LogP contribution in [0.4, 0.5) is 0 Å². The van der Waals surface area contributed by atoms with Crippen molar-refractivity contribution in [2.45, 2.75) is 0 Å². The largest absolute Gasteiger partial charge is 0.419 e. The van der Waals surface area contributed by atoms with Crippen LogP contribution in [0.2, 0.25) is 0 Å². The summed E-state index contributed by atoms with van der Waals surface area (Å²) in [6.45, 7) is 0. The molecule has 0 saturated carbocycles. The van der Waals surface area contributed by atoms with E-state index >= 15 is 0 Å². The molecular weight excluding hydrogens is 588 g/mol. The van der Waals surface area contributed by atoms with Crippen molar-refractivity contribution in [2.24, 2.45) is 0 Å². The Morgan fingerprint density at radius 3 is 1.79 bits per heavy atom. The van der Waals surface area contributed by atoms with Gasteiger partial charge in [0.05, 0.1) is 11.1 Å². The van der Waals surface area contributed by atoms with Gasteiger partial charge in [-0.25, -0.2) is 9.59 Å². The van der Waals surface area contributed by atoms with Gasteiger partial charge in [0.15, 0.2) is 16.6 Å². The number of hydrogen-bond acceptors (Lipinski definition) is 6. The van der Waals surface area contributed by atoms with Gasteiger partial charge in [0.2, 0.25) is 0 Å². The van der Waals surface area contributed by atoms with E-state index in [9.17, 15) is 14.4 Å². The van der Waals surface area contributed by atoms with Crippen LogP contribution in [-0.2, 0) is 4.79 Å². The topological polar surface area (TPSA) is 93.7 Å². The second kappa shape index (κ2) is 10.3. The Hall–Kier alpha value is -3.34.